The minimum Gasteiger partial charge on any atom is -0.481 e. The van der Waals surface area contributed by atoms with Crippen LogP contribution in [-0.4, -0.2) is 25.4 Å². The van der Waals surface area contributed by atoms with Gasteiger partial charge < -0.3 is 9.67 Å². The number of hydrogen-bond donors (Lipinski definition) is 1. The molecule has 0 saturated heterocycles. The molecule has 9 heteroatoms. The molecule has 2 heterocycles. The molecule has 0 radical (unpaired) electrons. The lowest BCUT2D eigenvalue weighted by Crippen LogP contribution is -2.03. The van der Waals surface area contributed by atoms with Crippen molar-refractivity contribution < 1.29 is 18.7 Å². The van der Waals surface area contributed by atoms with Gasteiger partial charge >= 0.3 is 5.97 Å². The number of carboxylic acid groups (broad SMARTS) is 1. The summed E-state index contributed by atoms with van der Waals surface area (Å²) in [6.45, 7) is 2.80. The molecule has 1 aliphatic carbocycles. The summed E-state index contributed by atoms with van der Waals surface area (Å²) in [7, 11) is 0. The number of fused-ring (bicyclic) bond motifs is 1. The normalized spacial score (nSPS) is 13.6. The van der Waals surface area contributed by atoms with E-state index in [0.29, 0.717) is 15.8 Å². The molecule has 1 N–H and O–H groups in total. The second-order valence-corrected chi connectivity index (χ2v) is 9.90. The van der Waals surface area contributed by atoms with Gasteiger partial charge in [-0.15, -0.1) is 0 Å². The molecule has 1 aliphatic rings. The zero-order valence-corrected chi connectivity index (χ0v) is 20.0. The zero-order valence-electron chi connectivity index (χ0n) is 18.4. The molecule has 5 rings (SSSR count). The number of benzene rings is 2. The first-order chi connectivity index (χ1) is 16.4. The first kappa shape index (κ1) is 22.9. The molecular weight excluding hydrogens is 480 g/mol. The average molecular weight is 502 g/mol. The molecule has 5 nitrogen and oxygen atoms in total. The molecule has 1 saturated carbocycles. The quantitative estimate of drug-likeness (QED) is 0.287. The number of halogens is 3. The Hall–Kier alpha value is -2.84. The number of aryl methyl sites for hydroxylation is 1. The summed E-state index contributed by atoms with van der Waals surface area (Å²) in [5.41, 5.74) is 2.09. The van der Waals surface area contributed by atoms with Crippen LogP contribution in [0, 0.1) is 11.6 Å². The number of hydrogen-bond acceptors (Lipinski definition) is 3. The van der Waals surface area contributed by atoms with Gasteiger partial charge in [0.25, 0.3) is 0 Å². The van der Waals surface area contributed by atoms with Crippen LogP contribution in [0.4, 0.5) is 8.78 Å². The Kier molecular flexibility index (Phi) is 6.12. The standard InChI is InChI=1S/C25H22ClF2N3O2S/c1-2-10-30-13-16(12-29-30)31-23(14-6-7-14)25(17-8-9-18(26)22(28)24(17)31)34-19-5-3-4-15(21(19)27)11-20(32)33/h3-5,8-9,12-14H,2,6-7,10-11H2,1H3,(H,32,33). The Balaban J connectivity index is 1.73. The third-order valence-corrected chi connectivity index (χ3v) is 7.36. The number of rotatable bonds is 8. The van der Waals surface area contributed by atoms with Crippen molar-refractivity contribution in [1.82, 2.24) is 14.3 Å². The lowest BCUT2D eigenvalue weighted by Gasteiger charge is -2.11. The summed E-state index contributed by atoms with van der Waals surface area (Å²) < 4.78 is 34.4. The summed E-state index contributed by atoms with van der Waals surface area (Å²) in [5, 5.41) is 14.2. The lowest BCUT2D eigenvalue weighted by molar-refractivity contribution is -0.136. The molecule has 2 aromatic carbocycles. The predicted molar refractivity (Wildman–Crippen MR) is 128 cm³/mol. The molecule has 0 bridgehead atoms. The molecule has 0 atom stereocenters. The molecule has 1 fully saturated rings. The Morgan fingerprint density at radius 2 is 2.03 bits per heavy atom. The van der Waals surface area contributed by atoms with Crippen LogP contribution in [-0.2, 0) is 17.8 Å². The monoisotopic (exact) mass is 501 g/mol. The lowest BCUT2D eigenvalue weighted by atomic mass is 10.1. The number of carboxylic acids is 1. The van der Waals surface area contributed by atoms with E-state index in [0.717, 1.165) is 42.1 Å². The summed E-state index contributed by atoms with van der Waals surface area (Å²) in [6.07, 6.45) is 6.00. The summed E-state index contributed by atoms with van der Waals surface area (Å²) in [6, 6.07) is 8.02. The fraction of sp³-hybridized carbons (Fsp3) is 0.280. The second-order valence-electron chi connectivity index (χ2n) is 8.45. The van der Waals surface area contributed by atoms with Crippen molar-refractivity contribution in [2.45, 2.75) is 54.9 Å². The van der Waals surface area contributed by atoms with Gasteiger partial charge in [-0.3, -0.25) is 9.48 Å². The van der Waals surface area contributed by atoms with Gasteiger partial charge in [-0.1, -0.05) is 42.4 Å². The minimum absolute atomic E-state index is 0.0146. The van der Waals surface area contributed by atoms with Crippen molar-refractivity contribution in [3.05, 3.63) is 70.6 Å². The van der Waals surface area contributed by atoms with E-state index in [1.807, 2.05) is 15.4 Å². The fourth-order valence-corrected chi connectivity index (χ4v) is 5.64. The maximum atomic E-state index is 15.5. The van der Waals surface area contributed by atoms with E-state index in [2.05, 4.69) is 12.0 Å². The van der Waals surface area contributed by atoms with Gasteiger partial charge in [0.1, 0.15) is 5.82 Å². The molecule has 2 aromatic heterocycles. The highest BCUT2D eigenvalue weighted by molar-refractivity contribution is 7.99. The van der Waals surface area contributed by atoms with Gasteiger partial charge in [0.15, 0.2) is 5.82 Å². The highest BCUT2D eigenvalue weighted by Gasteiger charge is 2.34. The van der Waals surface area contributed by atoms with E-state index in [1.165, 1.54) is 23.9 Å². The van der Waals surface area contributed by atoms with Crippen LogP contribution in [0.5, 0.6) is 0 Å². The molecule has 0 unspecified atom stereocenters. The zero-order chi connectivity index (χ0) is 24.0. The van der Waals surface area contributed by atoms with Gasteiger partial charge in [-0.05, 0) is 37.5 Å². The van der Waals surface area contributed by atoms with Crippen molar-refractivity contribution in [3.8, 4) is 5.69 Å². The van der Waals surface area contributed by atoms with E-state index in [4.69, 9.17) is 16.7 Å². The van der Waals surface area contributed by atoms with E-state index in [9.17, 15) is 4.79 Å². The predicted octanol–water partition coefficient (Wildman–Crippen LogP) is 6.82. The molecular formula is C25H22ClF2N3O2S. The minimum atomic E-state index is -1.10. The topological polar surface area (TPSA) is 60.0 Å². The van der Waals surface area contributed by atoms with Crippen LogP contribution in [0.15, 0.2) is 52.5 Å². The van der Waals surface area contributed by atoms with Crippen molar-refractivity contribution in [1.29, 1.82) is 0 Å². The second kappa shape index (κ2) is 9.07. The molecule has 4 aromatic rings. The maximum absolute atomic E-state index is 15.5. The van der Waals surface area contributed by atoms with E-state index >= 15 is 8.78 Å². The molecule has 176 valence electrons. The number of aliphatic carboxylic acids is 1. The third-order valence-electron chi connectivity index (χ3n) is 5.90. The van der Waals surface area contributed by atoms with Crippen LogP contribution in [0.3, 0.4) is 0 Å². The molecule has 0 spiro atoms. The largest absolute Gasteiger partial charge is 0.481 e. The summed E-state index contributed by atoms with van der Waals surface area (Å²) in [4.78, 5) is 12.2. The Labute approximate surface area is 204 Å². The van der Waals surface area contributed by atoms with Crippen LogP contribution in [0.25, 0.3) is 16.6 Å². The van der Waals surface area contributed by atoms with Crippen LogP contribution in [0.1, 0.15) is 43.4 Å². The van der Waals surface area contributed by atoms with Crippen molar-refractivity contribution in [2.24, 2.45) is 0 Å². The highest BCUT2D eigenvalue weighted by Crippen LogP contribution is 2.51. The third kappa shape index (κ3) is 4.09. The van der Waals surface area contributed by atoms with Gasteiger partial charge in [0.05, 0.1) is 28.8 Å². The molecule has 0 amide bonds. The summed E-state index contributed by atoms with van der Waals surface area (Å²) >= 11 is 7.38. The van der Waals surface area contributed by atoms with Gasteiger partial charge in [-0.25, -0.2) is 8.78 Å². The van der Waals surface area contributed by atoms with Gasteiger partial charge in [0, 0.05) is 45.1 Å². The molecule has 0 aliphatic heterocycles. The number of aromatic nitrogens is 3. The average Bonchev–Trinajstić information content (AvgIpc) is 3.44. The number of carbonyl (C=O) groups is 1. The van der Waals surface area contributed by atoms with E-state index in [-0.39, 0.29) is 16.5 Å². The van der Waals surface area contributed by atoms with Crippen LogP contribution in [0.2, 0.25) is 5.02 Å². The van der Waals surface area contributed by atoms with Gasteiger partial charge in [0.2, 0.25) is 0 Å². The number of nitrogens with zero attached hydrogens (tertiary/aromatic N) is 3. The van der Waals surface area contributed by atoms with Crippen molar-refractivity contribution in [2.75, 3.05) is 0 Å². The fourth-order valence-electron chi connectivity index (χ4n) is 4.27. The van der Waals surface area contributed by atoms with Crippen LogP contribution >= 0.6 is 23.4 Å². The van der Waals surface area contributed by atoms with E-state index < -0.39 is 24.0 Å². The maximum Gasteiger partial charge on any atom is 0.307 e. The van der Waals surface area contributed by atoms with Gasteiger partial charge in [-0.2, -0.15) is 5.10 Å². The first-order valence-corrected chi connectivity index (χ1v) is 12.3. The van der Waals surface area contributed by atoms with Crippen molar-refractivity contribution in [3.63, 3.8) is 0 Å². The van der Waals surface area contributed by atoms with E-state index in [1.54, 1.807) is 24.4 Å². The SMILES string of the molecule is CCCn1cc(-n2c(C3CC3)c(Sc3cccc(CC(=O)O)c3F)c3ccc(Cl)c(F)c32)cn1. The Morgan fingerprint density at radius 3 is 2.74 bits per heavy atom. The highest BCUT2D eigenvalue weighted by atomic mass is 35.5. The smallest absolute Gasteiger partial charge is 0.307 e. The molecule has 34 heavy (non-hydrogen) atoms. The van der Waals surface area contributed by atoms with Crippen molar-refractivity contribution >= 4 is 40.2 Å². The Bertz CT molecular complexity index is 1410. The van der Waals surface area contributed by atoms with Crippen LogP contribution < -0.4 is 0 Å². The summed E-state index contributed by atoms with van der Waals surface area (Å²) in [5.74, 6) is -2.00. The first-order valence-electron chi connectivity index (χ1n) is 11.1. The Morgan fingerprint density at radius 1 is 1.24 bits per heavy atom.